The zero-order valence-corrected chi connectivity index (χ0v) is 15.2. The van der Waals surface area contributed by atoms with Crippen LogP contribution in [0.25, 0.3) is 0 Å². The molecule has 1 atom stereocenters. The Bertz CT molecular complexity index is 720. The van der Waals surface area contributed by atoms with Crippen LogP contribution in [0.1, 0.15) is 18.4 Å². The maximum atomic E-state index is 12.3. The van der Waals surface area contributed by atoms with Gasteiger partial charge in [-0.1, -0.05) is 11.6 Å². The fourth-order valence-electron chi connectivity index (χ4n) is 3.21. The average Bonchev–Trinajstić information content (AvgIpc) is 3.16. The molecule has 1 aromatic rings. The van der Waals surface area contributed by atoms with Crippen molar-refractivity contribution in [3.63, 3.8) is 0 Å². The second kappa shape index (κ2) is 8.49. The van der Waals surface area contributed by atoms with E-state index in [0.717, 1.165) is 12.8 Å². The predicted octanol–water partition coefficient (Wildman–Crippen LogP) is 1.47. The number of ether oxygens (including phenoxy) is 1. The second-order valence-corrected chi connectivity index (χ2v) is 6.89. The Hall–Kier alpha value is -2.14. The van der Waals surface area contributed by atoms with Crippen molar-refractivity contribution in [1.29, 1.82) is 5.26 Å². The Morgan fingerprint density at radius 2 is 2.08 bits per heavy atom. The summed E-state index contributed by atoms with van der Waals surface area (Å²) in [5.41, 5.74) is 0.784. The summed E-state index contributed by atoms with van der Waals surface area (Å²) in [5, 5.41) is 12.3. The molecule has 1 N–H and O–H groups in total. The lowest BCUT2D eigenvalue weighted by Crippen LogP contribution is -2.52. The quantitative estimate of drug-likeness (QED) is 0.860. The van der Waals surface area contributed by atoms with E-state index in [9.17, 15) is 9.59 Å². The molecule has 8 heteroatoms. The zero-order valence-electron chi connectivity index (χ0n) is 14.4. The van der Waals surface area contributed by atoms with E-state index in [1.54, 1.807) is 18.2 Å². The summed E-state index contributed by atoms with van der Waals surface area (Å²) in [5.74, 6) is -0.146. The molecular formula is C18H21ClN4O3. The van der Waals surface area contributed by atoms with Crippen molar-refractivity contribution in [2.75, 3.05) is 44.6 Å². The lowest BCUT2D eigenvalue weighted by atomic mass is 10.2. The number of rotatable bonds is 4. The van der Waals surface area contributed by atoms with Crippen LogP contribution in [0.2, 0.25) is 5.02 Å². The van der Waals surface area contributed by atoms with Crippen molar-refractivity contribution < 1.29 is 14.3 Å². The Morgan fingerprint density at radius 1 is 1.31 bits per heavy atom. The number of nitrogens with zero attached hydrogens (tertiary/aromatic N) is 3. The summed E-state index contributed by atoms with van der Waals surface area (Å²) in [6, 6.07) is 6.79. The summed E-state index contributed by atoms with van der Waals surface area (Å²) < 4.78 is 5.45. The molecule has 2 amide bonds. The first-order valence-corrected chi connectivity index (χ1v) is 9.07. The molecule has 2 fully saturated rings. The number of amides is 2. The lowest BCUT2D eigenvalue weighted by Gasteiger charge is -2.35. The number of carbonyl (C=O) groups is 2. The maximum Gasteiger partial charge on any atom is 0.251 e. The van der Waals surface area contributed by atoms with Crippen LogP contribution in [0.3, 0.4) is 0 Å². The average molecular weight is 377 g/mol. The molecule has 2 heterocycles. The van der Waals surface area contributed by atoms with Crippen LogP contribution in [-0.2, 0) is 14.3 Å². The van der Waals surface area contributed by atoms with Gasteiger partial charge in [-0.3, -0.25) is 14.5 Å². The topological polar surface area (TPSA) is 85.7 Å². The highest BCUT2D eigenvalue weighted by Gasteiger charge is 2.30. The fraction of sp³-hybridized carbons (Fsp3) is 0.500. The van der Waals surface area contributed by atoms with Crippen molar-refractivity contribution in [3.8, 4) is 6.07 Å². The molecule has 2 aliphatic heterocycles. The van der Waals surface area contributed by atoms with Crippen LogP contribution in [-0.4, -0.2) is 67.0 Å². The Morgan fingerprint density at radius 3 is 2.73 bits per heavy atom. The minimum Gasteiger partial charge on any atom is -0.368 e. The van der Waals surface area contributed by atoms with Gasteiger partial charge in [-0.2, -0.15) is 5.26 Å². The summed E-state index contributed by atoms with van der Waals surface area (Å²) in [6.45, 7) is 3.31. The monoisotopic (exact) mass is 376 g/mol. The maximum absolute atomic E-state index is 12.3. The van der Waals surface area contributed by atoms with Gasteiger partial charge in [0.2, 0.25) is 5.91 Å². The molecule has 2 saturated heterocycles. The molecule has 0 bridgehead atoms. The Kier molecular flexibility index (Phi) is 6.09. The van der Waals surface area contributed by atoms with Gasteiger partial charge in [-0.15, -0.1) is 0 Å². The predicted molar refractivity (Wildman–Crippen MR) is 96.8 cm³/mol. The van der Waals surface area contributed by atoms with Gasteiger partial charge in [-0.25, -0.2) is 0 Å². The highest BCUT2D eigenvalue weighted by atomic mass is 35.5. The van der Waals surface area contributed by atoms with Crippen molar-refractivity contribution in [3.05, 3.63) is 28.8 Å². The summed E-state index contributed by atoms with van der Waals surface area (Å²) >= 11 is 5.93. The van der Waals surface area contributed by atoms with E-state index in [0.29, 0.717) is 49.1 Å². The standard InChI is InChI=1S/C18H21ClN4O3/c19-14-4-3-13(11-20)15(10-14)21-17(24)12-22-5-7-23(8-6-22)18(25)16-2-1-9-26-16/h3-4,10,16H,1-2,5-9,12H2,(H,21,24)/t16-/m0/s1. The van der Waals surface area contributed by atoms with Crippen LogP contribution in [0.15, 0.2) is 18.2 Å². The number of carbonyl (C=O) groups excluding carboxylic acids is 2. The van der Waals surface area contributed by atoms with E-state index >= 15 is 0 Å². The number of nitrogens with one attached hydrogen (secondary N) is 1. The molecule has 7 nitrogen and oxygen atoms in total. The largest absolute Gasteiger partial charge is 0.368 e. The lowest BCUT2D eigenvalue weighted by molar-refractivity contribution is -0.142. The molecular weight excluding hydrogens is 356 g/mol. The van der Waals surface area contributed by atoms with Crippen LogP contribution < -0.4 is 5.32 Å². The molecule has 26 heavy (non-hydrogen) atoms. The molecule has 138 valence electrons. The van der Waals surface area contributed by atoms with Gasteiger partial charge in [0, 0.05) is 37.8 Å². The molecule has 0 aromatic heterocycles. The van der Waals surface area contributed by atoms with Crippen molar-refractivity contribution in [1.82, 2.24) is 9.80 Å². The first-order valence-electron chi connectivity index (χ1n) is 8.69. The first kappa shape index (κ1) is 18.6. The van der Waals surface area contributed by atoms with Crippen molar-refractivity contribution in [2.45, 2.75) is 18.9 Å². The smallest absolute Gasteiger partial charge is 0.251 e. The number of halogens is 1. The zero-order chi connectivity index (χ0) is 18.5. The van der Waals surface area contributed by atoms with Gasteiger partial charge in [0.15, 0.2) is 0 Å². The van der Waals surface area contributed by atoms with Gasteiger partial charge < -0.3 is 15.0 Å². The summed E-state index contributed by atoms with van der Waals surface area (Å²) in [4.78, 5) is 28.4. The van der Waals surface area contributed by atoms with E-state index in [-0.39, 0.29) is 24.5 Å². The molecule has 0 saturated carbocycles. The number of piperazine rings is 1. The third-order valence-corrected chi connectivity index (χ3v) is 4.87. The number of anilines is 1. The van der Waals surface area contributed by atoms with Crippen molar-refractivity contribution in [2.24, 2.45) is 0 Å². The molecule has 0 radical (unpaired) electrons. The summed E-state index contributed by atoms with van der Waals surface area (Å²) in [7, 11) is 0. The highest BCUT2D eigenvalue weighted by molar-refractivity contribution is 6.31. The molecule has 0 unspecified atom stereocenters. The van der Waals surface area contributed by atoms with E-state index in [4.69, 9.17) is 21.6 Å². The normalized spacial score (nSPS) is 20.6. The van der Waals surface area contributed by atoms with Gasteiger partial charge >= 0.3 is 0 Å². The Labute approximate surface area is 157 Å². The fourth-order valence-corrected chi connectivity index (χ4v) is 3.38. The number of benzene rings is 1. The van der Waals surface area contributed by atoms with E-state index < -0.39 is 0 Å². The van der Waals surface area contributed by atoms with Gasteiger partial charge in [0.1, 0.15) is 12.2 Å². The van der Waals surface area contributed by atoms with E-state index in [2.05, 4.69) is 5.32 Å². The van der Waals surface area contributed by atoms with Gasteiger partial charge in [-0.05, 0) is 31.0 Å². The third kappa shape index (κ3) is 4.52. The highest BCUT2D eigenvalue weighted by Crippen LogP contribution is 2.20. The molecule has 3 rings (SSSR count). The first-order chi connectivity index (χ1) is 12.6. The molecule has 0 spiro atoms. The molecule has 2 aliphatic rings. The van der Waals surface area contributed by atoms with Gasteiger partial charge in [0.05, 0.1) is 17.8 Å². The van der Waals surface area contributed by atoms with E-state index in [1.807, 2.05) is 15.9 Å². The van der Waals surface area contributed by atoms with Crippen LogP contribution >= 0.6 is 11.6 Å². The number of nitriles is 1. The van der Waals surface area contributed by atoms with Crippen LogP contribution in [0, 0.1) is 11.3 Å². The number of hydrogen-bond donors (Lipinski definition) is 1. The second-order valence-electron chi connectivity index (χ2n) is 6.45. The third-order valence-electron chi connectivity index (χ3n) is 4.63. The Balaban J connectivity index is 1.48. The van der Waals surface area contributed by atoms with E-state index in [1.165, 1.54) is 0 Å². The minimum absolute atomic E-state index is 0.0594. The van der Waals surface area contributed by atoms with Crippen molar-refractivity contribution >= 4 is 29.1 Å². The SMILES string of the molecule is N#Cc1ccc(Cl)cc1NC(=O)CN1CCN(C(=O)[C@@H]2CCCO2)CC1. The minimum atomic E-state index is -0.294. The van der Waals surface area contributed by atoms with Crippen LogP contribution in [0.5, 0.6) is 0 Å². The molecule has 1 aromatic carbocycles. The van der Waals surface area contributed by atoms with Crippen LogP contribution in [0.4, 0.5) is 5.69 Å². The molecule has 0 aliphatic carbocycles. The van der Waals surface area contributed by atoms with Gasteiger partial charge in [0.25, 0.3) is 5.91 Å². The number of hydrogen-bond acceptors (Lipinski definition) is 5. The summed E-state index contributed by atoms with van der Waals surface area (Å²) in [6.07, 6.45) is 1.43.